The molecule has 4 nitrogen and oxygen atoms in total. The van der Waals surface area contributed by atoms with Gasteiger partial charge in [0, 0.05) is 42.9 Å². The van der Waals surface area contributed by atoms with Crippen LogP contribution in [0.2, 0.25) is 0 Å². The minimum absolute atomic E-state index is 0.0206. The summed E-state index contributed by atoms with van der Waals surface area (Å²) >= 11 is 0.952. The molecule has 1 fully saturated rings. The van der Waals surface area contributed by atoms with Crippen LogP contribution in [0.3, 0.4) is 0 Å². The Hall–Kier alpha value is -1.36. The monoisotopic (exact) mass is 208 g/mol. The highest BCUT2D eigenvalue weighted by molar-refractivity contribution is 8.12. The molecule has 0 unspecified atom stereocenters. The van der Waals surface area contributed by atoms with Gasteiger partial charge in [-0.3, -0.25) is 18.9 Å². The Morgan fingerprint density at radius 1 is 1.57 bits per heavy atom. The Kier molecular flexibility index (Phi) is 2.49. The molecule has 1 aliphatic rings. The van der Waals surface area contributed by atoms with Crippen molar-refractivity contribution < 1.29 is 9.59 Å². The van der Waals surface area contributed by atoms with Crippen LogP contribution >= 0.6 is 11.9 Å². The average molecular weight is 208 g/mol. The predicted molar refractivity (Wildman–Crippen MR) is 52.5 cm³/mol. The topological polar surface area (TPSA) is 50.3 Å². The van der Waals surface area contributed by atoms with Gasteiger partial charge >= 0.3 is 0 Å². The van der Waals surface area contributed by atoms with Crippen molar-refractivity contribution >= 4 is 23.0 Å². The lowest BCUT2D eigenvalue weighted by molar-refractivity contribution is -0.132. The molecule has 1 aromatic heterocycles. The Morgan fingerprint density at radius 3 is 2.93 bits per heavy atom. The summed E-state index contributed by atoms with van der Waals surface area (Å²) in [6.45, 7) is 0.662. The molecule has 0 spiro atoms. The number of aromatic nitrogens is 1. The van der Waals surface area contributed by atoms with Crippen molar-refractivity contribution in [1.82, 2.24) is 9.29 Å². The van der Waals surface area contributed by atoms with E-state index < -0.39 is 0 Å². The van der Waals surface area contributed by atoms with Crippen LogP contribution in [0.4, 0.5) is 0 Å². The quantitative estimate of drug-likeness (QED) is 0.539. The van der Waals surface area contributed by atoms with Crippen molar-refractivity contribution in [1.29, 1.82) is 0 Å². The number of hydrogen-bond donors (Lipinski definition) is 0. The van der Waals surface area contributed by atoms with Crippen LogP contribution < -0.4 is 0 Å². The molecule has 5 heteroatoms. The first-order valence-corrected chi connectivity index (χ1v) is 4.97. The largest absolute Gasteiger partial charge is 0.280 e. The smallest absolute Gasteiger partial charge is 0.241 e. The lowest BCUT2D eigenvalue weighted by Crippen LogP contribution is -2.38. The summed E-state index contributed by atoms with van der Waals surface area (Å²) in [6.07, 6.45) is 3.66. The summed E-state index contributed by atoms with van der Waals surface area (Å²) in [5.41, 5.74) is 0.525. The van der Waals surface area contributed by atoms with E-state index in [2.05, 4.69) is 4.98 Å². The molecule has 0 aliphatic carbocycles. The number of pyridine rings is 1. The minimum Gasteiger partial charge on any atom is -0.280 e. The van der Waals surface area contributed by atoms with Gasteiger partial charge in [-0.2, -0.15) is 0 Å². The Balaban J connectivity index is 1.99. The molecule has 0 saturated carbocycles. The summed E-state index contributed by atoms with van der Waals surface area (Å²) in [5.74, 6) is 0.0206. The molecule has 1 aliphatic heterocycles. The van der Waals surface area contributed by atoms with Crippen LogP contribution in [-0.4, -0.2) is 26.9 Å². The van der Waals surface area contributed by atoms with Crippen molar-refractivity contribution in [3.05, 3.63) is 30.1 Å². The Bertz CT molecular complexity index is 366. The lowest BCUT2D eigenvalue weighted by atomic mass is 10.3. The summed E-state index contributed by atoms with van der Waals surface area (Å²) in [4.78, 5) is 26.3. The second-order valence-corrected chi connectivity index (χ2v) is 3.86. The maximum absolute atomic E-state index is 11.5. The van der Waals surface area contributed by atoms with Crippen LogP contribution in [0.25, 0.3) is 0 Å². The van der Waals surface area contributed by atoms with Crippen LogP contribution in [0.1, 0.15) is 16.8 Å². The minimum atomic E-state index is -0.133. The molecular formula is C9H8N2O2S. The molecule has 0 aromatic carbocycles. The van der Waals surface area contributed by atoms with Crippen molar-refractivity contribution in [2.24, 2.45) is 0 Å². The van der Waals surface area contributed by atoms with Gasteiger partial charge in [-0.15, -0.1) is 0 Å². The maximum atomic E-state index is 11.5. The number of rotatable bonds is 2. The zero-order valence-electron chi connectivity index (χ0n) is 7.34. The number of hydrogen-bond acceptors (Lipinski definition) is 4. The summed E-state index contributed by atoms with van der Waals surface area (Å²) in [7, 11) is 0. The number of carbonyl (C=O) groups excluding carboxylic acids is 2. The Morgan fingerprint density at radius 2 is 2.43 bits per heavy atom. The van der Waals surface area contributed by atoms with Crippen LogP contribution in [0.15, 0.2) is 24.5 Å². The molecule has 0 radical (unpaired) electrons. The highest BCUT2D eigenvalue weighted by atomic mass is 32.2. The molecule has 2 rings (SSSR count). The highest BCUT2D eigenvalue weighted by Crippen LogP contribution is 2.23. The van der Waals surface area contributed by atoms with Crippen molar-refractivity contribution in [2.45, 2.75) is 6.42 Å². The van der Waals surface area contributed by atoms with E-state index >= 15 is 0 Å². The zero-order chi connectivity index (χ0) is 9.97. The first-order chi connectivity index (χ1) is 6.77. The molecule has 0 bridgehead atoms. The summed E-state index contributed by atoms with van der Waals surface area (Å²) < 4.78 is 1.47. The van der Waals surface area contributed by atoms with Gasteiger partial charge in [-0.1, -0.05) is 0 Å². The average Bonchev–Trinajstić information content (AvgIpc) is 2.24. The van der Waals surface area contributed by atoms with Gasteiger partial charge in [0.25, 0.3) is 0 Å². The first-order valence-electron chi connectivity index (χ1n) is 4.20. The zero-order valence-corrected chi connectivity index (χ0v) is 8.16. The van der Waals surface area contributed by atoms with Gasteiger partial charge < -0.3 is 0 Å². The van der Waals surface area contributed by atoms with E-state index in [0.717, 1.165) is 11.9 Å². The number of carbonyl (C=O) groups is 2. The second-order valence-electron chi connectivity index (χ2n) is 2.87. The molecule has 1 amide bonds. The molecule has 2 heterocycles. The van der Waals surface area contributed by atoms with E-state index in [1.165, 1.54) is 10.5 Å². The van der Waals surface area contributed by atoms with E-state index in [0.29, 0.717) is 18.5 Å². The van der Waals surface area contributed by atoms with Crippen LogP contribution in [0, 0.1) is 0 Å². The van der Waals surface area contributed by atoms with Crippen molar-refractivity contribution in [3.8, 4) is 0 Å². The summed E-state index contributed by atoms with van der Waals surface area (Å²) in [6, 6.07) is 3.39. The molecule has 0 N–H and O–H groups in total. The number of amides is 1. The van der Waals surface area contributed by atoms with E-state index in [9.17, 15) is 9.59 Å². The molecule has 1 saturated heterocycles. The van der Waals surface area contributed by atoms with Gasteiger partial charge in [0.15, 0.2) is 0 Å². The third-order valence-corrected chi connectivity index (χ3v) is 2.91. The van der Waals surface area contributed by atoms with Gasteiger partial charge in [-0.05, 0) is 12.1 Å². The molecule has 0 atom stereocenters. The van der Waals surface area contributed by atoms with Crippen molar-refractivity contribution in [3.63, 3.8) is 0 Å². The lowest BCUT2D eigenvalue weighted by Gasteiger charge is -2.27. The van der Waals surface area contributed by atoms with E-state index in [4.69, 9.17) is 0 Å². The number of β-lactam (4-membered cyclic amide) rings is 1. The fourth-order valence-corrected chi connectivity index (χ4v) is 1.83. The summed E-state index contributed by atoms with van der Waals surface area (Å²) in [5, 5.41) is -0.133. The molecule has 14 heavy (non-hydrogen) atoms. The fraction of sp³-hybridized carbons (Fsp3) is 0.222. The van der Waals surface area contributed by atoms with Gasteiger partial charge in [0.2, 0.25) is 11.0 Å². The number of nitrogens with zero attached hydrogens (tertiary/aromatic N) is 2. The van der Waals surface area contributed by atoms with Gasteiger partial charge in [0.1, 0.15) is 0 Å². The predicted octanol–water partition coefficient (Wildman–Crippen LogP) is 1.10. The van der Waals surface area contributed by atoms with Gasteiger partial charge in [-0.25, -0.2) is 0 Å². The van der Waals surface area contributed by atoms with Crippen LogP contribution in [-0.2, 0) is 4.79 Å². The van der Waals surface area contributed by atoms with E-state index in [1.54, 1.807) is 18.3 Å². The Labute approximate surface area is 85.4 Å². The van der Waals surface area contributed by atoms with Crippen molar-refractivity contribution in [2.75, 3.05) is 6.54 Å². The molecule has 72 valence electrons. The van der Waals surface area contributed by atoms with E-state index in [-0.39, 0.29) is 11.0 Å². The third kappa shape index (κ3) is 1.77. The molecule has 1 aromatic rings. The maximum Gasteiger partial charge on any atom is 0.241 e. The normalized spacial score (nSPS) is 15.1. The SMILES string of the molecule is O=C(SN1CCC1=O)c1cccnc1. The fourth-order valence-electron chi connectivity index (χ4n) is 1.03. The first kappa shape index (κ1) is 9.21. The molecular weight excluding hydrogens is 200 g/mol. The van der Waals surface area contributed by atoms with E-state index in [1.807, 2.05) is 0 Å². The third-order valence-electron chi connectivity index (χ3n) is 1.90. The highest BCUT2D eigenvalue weighted by Gasteiger charge is 2.27. The standard InChI is InChI=1S/C9H8N2O2S/c12-8-3-5-11(8)14-9(13)7-2-1-4-10-6-7/h1-2,4,6H,3,5H2. The second kappa shape index (κ2) is 3.79. The van der Waals surface area contributed by atoms with Gasteiger partial charge in [0.05, 0.1) is 0 Å². The van der Waals surface area contributed by atoms with Crippen LogP contribution in [0.5, 0.6) is 0 Å².